The van der Waals surface area contributed by atoms with E-state index in [-0.39, 0.29) is 0 Å². The second-order valence-electron chi connectivity index (χ2n) is 6.18. The summed E-state index contributed by atoms with van der Waals surface area (Å²) in [5, 5.41) is 11.9. The molecule has 1 N–H and O–H groups in total. The van der Waals surface area contributed by atoms with Gasteiger partial charge in [-0.3, -0.25) is 9.58 Å². The lowest BCUT2D eigenvalue weighted by molar-refractivity contribution is 0.0301. The van der Waals surface area contributed by atoms with Crippen LogP contribution in [0.2, 0.25) is 0 Å². The molecule has 2 unspecified atom stereocenters. The number of hydrogen-bond acceptors (Lipinski definition) is 4. The molecule has 2 heterocycles. The third kappa shape index (κ3) is 2.17. The van der Waals surface area contributed by atoms with Crippen molar-refractivity contribution in [3.8, 4) is 0 Å². The Morgan fingerprint density at radius 3 is 2.89 bits per heavy atom. The average molecular weight is 249 g/mol. The van der Waals surface area contributed by atoms with Gasteiger partial charge in [0, 0.05) is 44.5 Å². The number of aromatic nitrogens is 3. The molecular formula is C13H23N5. The normalized spacial score (nSPS) is 33.8. The maximum absolute atomic E-state index is 4.23. The van der Waals surface area contributed by atoms with Crippen molar-refractivity contribution in [2.45, 2.75) is 44.8 Å². The fourth-order valence-electron chi connectivity index (χ4n) is 3.11. The Bertz CT molecular complexity index is 425. The van der Waals surface area contributed by atoms with Gasteiger partial charge in [0.1, 0.15) is 0 Å². The first kappa shape index (κ1) is 12.1. The molecular weight excluding hydrogens is 226 g/mol. The maximum Gasteiger partial charge on any atom is 0.0967 e. The summed E-state index contributed by atoms with van der Waals surface area (Å²) >= 11 is 0. The van der Waals surface area contributed by atoms with Crippen molar-refractivity contribution in [3.63, 3.8) is 0 Å². The highest BCUT2D eigenvalue weighted by molar-refractivity contribution is 5.06. The maximum atomic E-state index is 4.23. The van der Waals surface area contributed by atoms with Gasteiger partial charge in [-0.05, 0) is 32.6 Å². The molecule has 1 aromatic rings. The number of aryl methyl sites for hydroxylation is 1. The Labute approximate surface area is 109 Å². The third-order valence-corrected chi connectivity index (χ3v) is 4.48. The van der Waals surface area contributed by atoms with E-state index in [1.807, 2.05) is 13.2 Å². The van der Waals surface area contributed by atoms with Crippen LogP contribution in [0.25, 0.3) is 0 Å². The molecule has 5 heteroatoms. The van der Waals surface area contributed by atoms with E-state index in [9.17, 15) is 0 Å². The highest BCUT2D eigenvalue weighted by atomic mass is 15.4. The van der Waals surface area contributed by atoms with Crippen molar-refractivity contribution in [2.75, 3.05) is 13.1 Å². The molecule has 1 saturated carbocycles. The molecule has 2 aliphatic rings. The Hall–Kier alpha value is -0.940. The molecule has 18 heavy (non-hydrogen) atoms. The third-order valence-electron chi connectivity index (χ3n) is 4.48. The summed E-state index contributed by atoms with van der Waals surface area (Å²) in [5.74, 6) is 0.856. The first-order valence-electron chi connectivity index (χ1n) is 6.91. The van der Waals surface area contributed by atoms with Crippen LogP contribution in [0.4, 0.5) is 0 Å². The number of nitrogens with zero attached hydrogens (tertiary/aromatic N) is 4. The minimum Gasteiger partial charge on any atom is -0.311 e. The summed E-state index contributed by atoms with van der Waals surface area (Å²) in [7, 11) is 1.93. The smallest absolute Gasteiger partial charge is 0.0967 e. The second-order valence-corrected chi connectivity index (χ2v) is 6.18. The van der Waals surface area contributed by atoms with Gasteiger partial charge in [0.05, 0.1) is 5.69 Å². The van der Waals surface area contributed by atoms with Crippen molar-refractivity contribution in [1.82, 2.24) is 25.2 Å². The van der Waals surface area contributed by atoms with Crippen LogP contribution in [0.5, 0.6) is 0 Å². The van der Waals surface area contributed by atoms with E-state index in [1.165, 1.54) is 12.8 Å². The highest BCUT2D eigenvalue weighted by Gasteiger charge is 2.47. The van der Waals surface area contributed by atoms with Crippen LogP contribution in [0, 0.1) is 5.92 Å². The molecule has 0 bridgehead atoms. The van der Waals surface area contributed by atoms with Crippen LogP contribution < -0.4 is 5.32 Å². The van der Waals surface area contributed by atoms with E-state index >= 15 is 0 Å². The predicted octanol–water partition coefficient (Wildman–Crippen LogP) is 0.777. The van der Waals surface area contributed by atoms with E-state index in [4.69, 9.17) is 0 Å². The monoisotopic (exact) mass is 249 g/mol. The lowest BCUT2D eigenvalue weighted by atomic mass is 9.89. The predicted molar refractivity (Wildman–Crippen MR) is 70.0 cm³/mol. The molecule has 2 atom stereocenters. The zero-order valence-electron chi connectivity index (χ0n) is 11.6. The van der Waals surface area contributed by atoms with E-state index < -0.39 is 0 Å². The summed E-state index contributed by atoms with van der Waals surface area (Å²) in [6, 6.07) is 0.563. The number of hydrogen-bond donors (Lipinski definition) is 1. The Kier molecular flexibility index (Phi) is 2.90. The van der Waals surface area contributed by atoms with E-state index in [0.29, 0.717) is 11.6 Å². The highest BCUT2D eigenvalue weighted by Crippen LogP contribution is 2.44. The van der Waals surface area contributed by atoms with Gasteiger partial charge in [-0.2, -0.15) is 0 Å². The molecule has 1 aromatic heterocycles. The van der Waals surface area contributed by atoms with Crippen LogP contribution in [0.15, 0.2) is 6.20 Å². The zero-order chi connectivity index (χ0) is 12.8. The van der Waals surface area contributed by atoms with E-state index in [2.05, 4.69) is 34.4 Å². The van der Waals surface area contributed by atoms with E-state index in [0.717, 1.165) is 31.2 Å². The molecule has 1 saturated heterocycles. The summed E-state index contributed by atoms with van der Waals surface area (Å²) < 4.78 is 1.79. The molecule has 3 rings (SSSR count). The molecule has 0 spiro atoms. The molecule has 0 aromatic carbocycles. The molecule has 1 aliphatic carbocycles. The van der Waals surface area contributed by atoms with Gasteiger partial charge in [-0.25, -0.2) is 0 Å². The summed E-state index contributed by atoms with van der Waals surface area (Å²) in [4.78, 5) is 2.61. The Morgan fingerprint density at radius 1 is 1.50 bits per heavy atom. The molecule has 0 radical (unpaired) electrons. The molecule has 5 nitrogen and oxygen atoms in total. The number of rotatable bonds is 3. The first-order chi connectivity index (χ1) is 8.58. The minimum atomic E-state index is 0.296. The van der Waals surface area contributed by atoms with Gasteiger partial charge in [-0.15, -0.1) is 5.10 Å². The fourth-order valence-corrected chi connectivity index (χ4v) is 3.11. The van der Waals surface area contributed by atoms with Gasteiger partial charge in [-0.1, -0.05) is 5.21 Å². The zero-order valence-corrected chi connectivity index (χ0v) is 11.6. The van der Waals surface area contributed by atoms with Crippen LogP contribution in [-0.4, -0.2) is 44.6 Å². The van der Waals surface area contributed by atoms with Crippen LogP contribution in [-0.2, 0) is 13.6 Å². The second kappa shape index (κ2) is 4.31. The van der Waals surface area contributed by atoms with Gasteiger partial charge >= 0.3 is 0 Å². The van der Waals surface area contributed by atoms with Crippen molar-refractivity contribution in [3.05, 3.63) is 11.9 Å². The lowest BCUT2D eigenvalue weighted by Gasteiger charge is -2.47. The molecule has 2 fully saturated rings. The lowest BCUT2D eigenvalue weighted by Crippen LogP contribution is -2.63. The van der Waals surface area contributed by atoms with Gasteiger partial charge < -0.3 is 5.32 Å². The Morgan fingerprint density at radius 2 is 2.28 bits per heavy atom. The standard InChI is InChI=1S/C13H23N5/c1-10-6-18(8-12-7-17(3)16-15-12)13(2,9-14-10)11-4-5-11/h7,10-11,14H,4-6,8-9H2,1-3H3. The summed E-state index contributed by atoms with van der Waals surface area (Å²) in [6.45, 7) is 7.78. The van der Waals surface area contributed by atoms with Crippen molar-refractivity contribution < 1.29 is 0 Å². The molecule has 1 aliphatic heterocycles. The van der Waals surface area contributed by atoms with Crippen LogP contribution in [0.1, 0.15) is 32.4 Å². The van der Waals surface area contributed by atoms with Crippen LogP contribution >= 0.6 is 0 Å². The van der Waals surface area contributed by atoms with Crippen molar-refractivity contribution in [1.29, 1.82) is 0 Å². The van der Waals surface area contributed by atoms with E-state index in [1.54, 1.807) is 4.68 Å². The quantitative estimate of drug-likeness (QED) is 0.860. The topological polar surface area (TPSA) is 46.0 Å². The van der Waals surface area contributed by atoms with Gasteiger partial charge in [0.15, 0.2) is 0 Å². The minimum absolute atomic E-state index is 0.296. The van der Waals surface area contributed by atoms with Crippen LogP contribution in [0.3, 0.4) is 0 Å². The average Bonchev–Trinajstić information content (AvgIpc) is 3.10. The molecule has 0 amide bonds. The SMILES string of the molecule is CC1CN(Cc2cn(C)nn2)C(C)(C2CC2)CN1. The Balaban J connectivity index is 1.77. The summed E-state index contributed by atoms with van der Waals surface area (Å²) in [5.41, 5.74) is 1.38. The molecule has 100 valence electrons. The fraction of sp³-hybridized carbons (Fsp3) is 0.846. The number of piperazine rings is 1. The van der Waals surface area contributed by atoms with Crippen molar-refractivity contribution >= 4 is 0 Å². The van der Waals surface area contributed by atoms with Gasteiger partial charge in [0.2, 0.25) is 0 Å². The summed E-state index contributed by atoms with van der Waals surface area (Å²) in [6.07, 6.45) is 4.78. The van der Waals surface area contributed by atoms with Gasteiger partial charge in [0.25, 0.3) is 0 Å². The van der Waals surface area contributed by atoms with Crippen molar-refractivity contribution in [2.24, 2.45) is 13.0 Å². The largest absolute Gasteiger partial charge is 0.311 e. The number of nitrogens with one attached hydrogen (secondary N) is 1. The first-order valence-corrected chi connectivity index (χ1v) is 6.91.